The van der Waals surface area contributed by atoms with Crippen molar-refractivity contribution in [1.82, 2.24) is 4.37 Å². The zero-order valence-corrected chi connectivity index (χ0v) is 11.0. The topological polar surface area (TPSA) is 62.4 Å². The molecular formula is C10H17N3OS2. The Morgan fingerprint density at radius 2 is 2.44 bits per heavy atom. The summed E-state index contributed by atoms with van der Waals surface area (Å²) in [4.78, 5) is 3.33. The molecule has 3 N–H and O–H groups in total. The maximum Gasteiger partial charge on any atom is 0.153 e. The lowest BCUT2D eigenvalue weighted by atomic mass is 10.0. The molecule has 0 amide bonds. The zero-order valence-electron chi connectivity index (χ0n) is 9.35. The first-order valence-electron chi connectivity index (χ1n) is 5.44. The fourth-order valence-electron chi connectivity index (χ4n) is 2.12. The Morgan fingerprint density at radius 1 is 1.62 bits per heavy atom. The van der Waals surface area contributed by atoms with Crippen LogP contribution in [0.4, 0.5) is 10.8 Å². The van der Waals surface area contributed by atoms with Gasteiger partial charge in [0, 0.05) is 6.54 Å². The summed E-state index contributed by atoms with van der Waals surface area (Å²) in [5, 5.41) is 10.5. The van der Waals surface area contributed by atoms with Crippen molar-refractivity contribution in [3.8, 4) is 0 Å². The maximum atomic E-state index is 9.40. The van der Waals surface area contributed by atoms with Crippen molar-refractivity contribution in [2.24, 2.45) is 0 Å². The third-order valence-corrected chi connectivity index (χ3v) is 4.80. The van der Waals surface area contributed by atoms with E-state index in [1.54, 1.807) is 11.8 Å². The SMILES string of the molecule is CSc1c(N)nsc1N1CCCCC1CO. The minimum atomic E-state index is 0.214. The second-order valence-electron chi connectivity index (χ2n) is 3.93. The number of aliphatic hydroxyl groups excluding tert-OH is 1. The van der Waals surface area contributed by atoms with Crippen LogP contribution in [-0.2, 0) is 0 Å². The normalized spacial score (nSPS) is 21.4. The molecule has 6 heteroatoms. The van der Waals surface area contributed by atoms with Gasteiger partial charge in [0.15, 0.2) is 5.82 Å². The molecular weight excluding hydrogens is 242 g/mol. The lowest BCUT2D eigenvalue weighted by Crippen LogP contribution is -2.41. The molecule has 0 spiro atoms. The summed E-state index contributed by atoms with van der Waals surface area (Å²) in [7, 11) is 0. The molecule has 90 valence electrons. The number of nitrogen functional groups attached to an aromatic ring is 1. The minimum absolute atomic E-state index is 0.214. The van der Waals surface area contributed by atoms with Gasteiger partial charge in [-0.1, -0.05) is 0 Å². The number of aromatic nitrogens is 1. The third kappa shape index (κ3) is 2.14. The predicted molar refractivity (Wildman–Crippen MR) is 70.4 cm³/mol. The van der Waals surface area contributed by atoms with E-state index in [4.69, 9.17) is 5.73 Å². The maximum absolute atomic E-state index is 9.40. The minimum Gasteiger partial charge on any atom is -0.394 e. The summed E-state index contributed by atoms with van der Waals surface area (Å²) < 4.78 is 4.21. The molecule has 2 heterocycles. The van der Waals surface area contributed by atoms with Gasteiger partial charge in [0.2, 0.25) is 0 Å². The van der Waals surface area contributed by atoms with E-state index in [9.17, 15) is 5.11 Å². The lowest BCUT2D eigenvalue weighted by Gasteiger charge is -2.35. The molecule has 1 aliphatic heterocycles. The van der Waals surface area contributed by atoms with E-state index in [2.05, 4.69) is 9.27 Å². The van der Waals surface area contributed by atoms with Crippen LogP contribution in [0.2, 0.25) is 0 Å². The summed E-state index contributed by atoms with van der Waals surface area (Å²) in [6.45, 7) is 1.21. The number of nitrogens with two attached hydrogens (primary N) is 1. The molecule has 1 atom stereocenters. The average Bonchev–Trinajstić information content (AvgIpc) is 2.70. The summed E-state index contributed by atoms with van der Waals surface area (Å²) in [6.07, 6.45) is 5.45. The van der Waals surface area contributed by atoms with Gasteiger partial charge in [-0.3, -0.25) is 0 Å². The van der Waals surface area contributed by atoms with Crippen molar-refractivity contribution in [1.29, 1.82) is 0 Å². The second-order valence-corrected chi connectivity index (χ2v) is 5.50. The van der Waals surface area contributed by atoms with Crippen LogP contribution in [0.15, 0.2) is 4.90 Å². The number of piperidine rings is 1. The first-order valence-corrected chi connectivity index (χ1v) is 7.44. The molecule has 4 nitrogen and oxygen atoms in total. The van der Waals surface area contributed by atoms with Gasteiger partial charge in [-0.25, -0.2) is 0 Å². The second kappa shape index (κ2) is 5.25. The number of rotatable bonds is 3. The van der Waals surface area contributed by atoms with E-state index in [-0.39, 0.29) is 12.6 Å². The smallest absolute Gasteiger partial charge is 0.153 e. The first-order chi connectivity index (χ1) is 7.77. The Balaban J connectivity index is 2.26. The number of anilines is 2. The molecule has 0 radical (unpaired) electrons. The van der Waals surface area contributed by atoms with Gasteiger partial charge in [0.25, 0.3) is 0 Å². The van der Waals surface area contributed by atoms with Gasteiger partial charge >= 0.3 is 0 Å². The molecule has 0 aromatic carbocycles. The Labute approximate surface area is 104 Å². The Morgan fingerprint density at radius 3 is 3.12 bits per heavy atom. The van der Waals surface area contributed by atoms with Crippen LogP contribution < -0.4 is 10.6 Å². The van der Waals surface area contributed by atoms with Gasteiger partial charge < -0.3 is 15.7 Å². The Kier molecular flexibility index (Phi) is 3.94. The fraction of sp³-hybridized carbons (Fsp3) is 0.700. The largest absolute Gasteiger partial charge is 0.394 e. The van der Waals surface area contributed by atoms with E-state index >= 15 is 0 Å². The van der Waals surface area contributed by atoms with Crippen LogP contribution in [0.3, 0.4) is 0 Å². The van der Waals surface area contributed by atoms with Crippen molar-refractivity contribution >= 4 is 34.1 Å². The van der Waals surface area contributed by atoms with Crippen molar-refractivity contribution < 1.29 is 5.11 Å². The number of hydrogen-bond acceptors (Lipinski definition) is 6. The van der Waals surface area contributed by atoms with Crippen molar-refractivity contribution in [2.45, 2.75) is 30.2 Å². The number of thioether (sulfide) groups is 1. The summed E-state index contributed by atoms with van der Waals surface area (Å²) in [5.41, 5.74) is 5.83. The highest BCUT2D eigenvalue weighted by Crippen LogP contribution is 2.39. The van der Waals surface area contributed by atoms with Crippen LogP contribution in [-0.4, -0.2) is 34.9 Å². The molecule has 1 fully saturated rings. The molecule has 0 bridgehead atoms. The Hall–Kier alpha value is -0.460. The van der Waals surface area contributed by atoms with E-state index in [0.717, 1.165) is 22.9 Å². The van der Waals surface area contributed by atoms with E-state index < -0.39 is 0 Å². The van der Waals surface area contributed by atoms with Crippen LogP contribution in [0.25, 0.3) is 0 Å². The highest BCUT2D eigenvalue weighted by atomic mass is 32.2. The van der Waals surface area contributed by atoms with E-state index in [0.29, 0.717) is 5.82 Å². The molecule has 1 aromatic rings. The molecule has 1 saturated heterocycles. The molecule has 1 unspecified atom stereocenters. The van der Waals surface area contributed by atoms with Gasteiger partial charge in [-0.05, 0) is 37.1 Å². The van der Waals surface area contributed by atoms with Crippen molar-refractivity contribution in [3.05, 3.63) is 0 Å². The van der Waals surface area contributed by atoms with Crippen molar-refractivity contribution in [3.63, 3.8) is 0 Å². The molecule has 1 aromatic heterocycles. The lowest BCUT2D eigenvalue weighted by molar-refractivity contribution is 0.240. The molecule has 0 saturated carbocycles. The zero-order chi connectivity index (χ0) is 11.5. The molecule has 0 aliphatic carbocycles. The monoisotopic (exact) mass is 259 g/mol. The Bertz CT molecular complexity index is 356. The van der Waals surface area contributed by atoms with Crippen molar-refractivity contribution in [2.75, 3.05) is 30.0 Å². The van der Waals surface area contributed by atoms with Crippen LogP contribution in [0, 0.1) is 0 Å². The summed E-state index contributed by atoms with van der Waals surface area (Å²) in [6, 6.07) is 0.236. The fourth-order valence-corrected chi connectivity index (χ4v) is 3.89. The van der Waals surface area contributed by atoms with Crippen LogP contribution >= 0.6 is 23.3 Å². The van der Waals surface area contributed by atoms with Gasteiger partial charge in [-0.2, -0.15) is 4.37 Å². The third-order valence-electron chi connectivity index (χ3n) is 2.96. The van der Waals surface area contributed by atoms with Gasteiger partial charge in [0.05, 0.1) is 17.5 Å². The highest BCUT2D eigenvalue weighted by Gasteiger charge is 2.26. The first kappa shape index (κ1) is 12.0. The summed E-state index contributed by atoms with van der Waals surface area (Å²) in [5.74, 6) is 0.620. The number of aliphatic hydroxyl groups is 1. The van der Waals surface area contributed by atoms with Gasteiger partial charge in [0.1, 0.15) is 5.00 Å². The average molecular weight is 259 g/mol. The van der Waals surface area contributed by atoms with E-state index in [1.165, 1.54) is 24.4 Å². The summed E-state index contributed by atoms with van der Waals surface area (Å²) >= 11 is 3.08. The highest BCUT2D eigenvalue weighted by molar-refractivity contribution is 7.99. The quantitative estimate of drug-likeness (QED) is 0.811. The van der Waals surface area contributed by atoms with Gasteiger partial charge in [-0.15, -0.1) is 11.8 Å². The van der Waals surface area contributed by atoms with Crippen LogP contribution in [0.1, 0.15) is 19.3 Å². The van der Waals surface area contributed by atoms with Crippen LogP contribution in [0.5, 0.6) is 0 Å². The molecule has 1 aliphatic rings. The van der Waals surface area contributed by atoms with E-state index in [1.807, 2.05) is 6.26 Å². The number of nitrogens with zero attached hydrogens (tertiary/aromatic N) is 2. The number of hydrogen-bond donors (Lipinski definition) is 2. The molecule has 16 heavy (non-hydrogen) atoms. The predicted octanol–water partition coefficient (Wildman–Crippen LogP) is 1.80. The molecule has 2 rings (SSSR count). The standard InChI is InChI=1S/C10H17N3OS2/c1-15-8-9(11)12-16-10(8)13-5-3-2-4-7(13)6-14/h7,14H,2-6H2,1H3,(H2,11,12).